The molecule has 2 rings (SSSR count). The third kappa shape index (κ3) is 3.32. The third-order valence-corrected chi connectivity index (χ3v) is 3.29. The Kier molecular flexibility index (Phi) is 4.37. The molecule has 0 heterocycles. The number of nitrogens with two attached hydrogens (primary N) is 1. The van der Waals surface area contributed by atoms with E-state index in [9.17, 15) is 0 Å². The van der Waals surface area contributed by atoms with Crippen molar-refractivity contribution in [1.29, 1.82) is 0 Å². The molecule has 0 radical (unpaired) electrons. The Hall–Kier alpha value is -0.860. The molecule has 1 saturated carbocycles. The fourth-order valence-corrected chi connectivity index (χ4v) is 2.32. The smallest absolute Gasteiger partial charge is 0.0725 e. The van der Waals surface area contributed by atoms with Crippen LogP contribution in [0.15, 0.2) is 30.3 Å². The lowest BCUT2D eigenvalue weighted by molar-refractivity contribution is 0.0467. The van der Waals surface area contributed by atoms with E-state index in [4.69, 9.17) is 10.5 Å². The predicted octanol–water partition coefficient (Wildman–Crippen LogP) is 2.52. The second-order valence-electron chi connectivity index (χ2n) is 4.59. The minimum absolute atomic E-state index is 0.275. The van der Waals surface area contributed by atoms with Crippen LogP contribution in [0.1, 0.15) is 31.2 Å². The summed E-state index contributed by atoms with van der Waals surface area (Å²) in [5.74, 6) is 0. The van der Waals surface area contributed by atoms with E-state index in [2.05, 4.69) is 30.3 Å². The summed E-state index contributed by atoms with van der Waals surface area (Å²) >= 11 is 0. The Morgan fingerprint density at radius 3 is 2.69 bits per heavy atom. The van der Waals surface area contributed by atoms with Gasteiger partial charge < -0.3 is 10.5 Å². The maximum atomic E-state index is 5.95. The maximum absolute atomic E-state index is 5.95. The summed E-state index contributed by atoms with van der Waals surface area (Å²) in [5, 5.41) is 0. The molecule has 16 heavy (non-hydrogen) atoms. The standard InChI is InChI=1S/C14H21NO/c15-13-9-4-10-14(13)16-11-5-8-12-6-2-1-3-7-12/h1-3,6-7,13-14H,4-5,8-11,15H2. The largest absolute Gasteiger partial charge is 0.377 e. The van der Waals surface area contributed by atoms with E-state index < -0.39 is 0 Å². The second kappa shape index (κ2) is 6.02. The number of rotatable bonds is 5. The number of aryl methyl sites for hydroxylation is 1. The highest BCUT2D eigenvalue weighted by atomic mass is 16.5. The van der Waals surface area contributed by atoms with Crippen molar-refractivity contribution in [3.05, 3.63) is 35.9 Å². The Balaban J connectivity index is 1.62. The summed E-state index contributed by atoms with van der Waals surface area (Å²) in [7, 11) is 0. The Morgan fingerprint density at radius 1 is 1.19 bits per heavy atom. The first-order chi connectivity index (χ1) is 7.86. The highest BCUT2D eigenvalue weighted by molar-refractivity contribution is 5.14. The quantitative estimate of drug-likeness (QED) is 0.772. The Bertz CT molecular complexity index is 299. The van der Waals surface area contributed by atoms with Gasteiger partial charge in [0.25, 0.3) is 0 Å². The normalized spacial score (nSPS) is 24.8. The number of ether oxygens (including phenoxy) is 1. The van der Waals surface area contributed by atoms with E-state index in [1.807, 2.05) is 0 Å². The minimum atomic E-state index is 0.275. The summed E-state index contributed by atoms with van der Waals surface area (Å²) in [6, 6.07) is 10.8. The van der Waals surface area contributed by atoms with Gasteiger partial charge in [-0.1, -0.05) is 30.3 Å². The van der Waals surface area contributed by atoms with Crippen molar-refractivity contribution in [3.63, 3.8) is 0 Å². The topological polar surface area (TPSA) is 35.2 Å². The van der Waals surface area contributed by atoms with Crippen LogP contribution in [-0.4, -0.2) is 18.8 Å². The van der Waals surface area contributed by atoms with Gasteiger partial charge in [-0.2, -0.15) is 0 Å². The van der Waals surface area contributed by atoms with Crippen molar-refractivity contribution >= 4 is 0 Å². The van der Waals surface area contributed by atoms with Gasteiger partial charge in [0.15, 0.2) is 0 Å². The molecule has 0 aromatic heterocycles. The molecule has 1 aliphatic carbocycles. The van der Waals surface area contributed by atoms with Gasteiger partial charge in [0, 0.05) is 12.6 Å². The van der Waals surface area contributed by atoms with Crippen LogP contribution in [0.5, 0.6) is 0 Å². The highest BCUT2D eigenvalue weighted by Crippen LogP contribution is 2.20. The van der Waals surface area contributed by atoms with Crippen LogP contribution in [0, 0.1) is 0 Å². The lowest BCUT2D eigenvalue weighted by atomic mass is 10.1. The first kappa shape index (κ1) is 11.6. The second-order valence-corrected chi connectivity index (χ2v) is 4.59. The van der Waals surface area contributed by atoms with Gasteiger partial charge in [-0.3, -0.25) is 0 Å². The zero-order chi connectivity index (χ0) is 11.2. The van der Waals surface area contributed by atoms with Gasteiger partial charge in [0.1, 0.15) is 0 Å². The van der Waals surface area contributed by atoms with Crippen LogP contribution in [0.25, 0.3) is 0 Å². The molecular weight excluding hydrogens is 198 g/mol. The highest BCUT2D eigenvalue weighted by Gasteiger charge is 2.23. The molecule has 1 aliphatic rings. The molecule has 2 unspecified atom stereocenters. The summed E-state index contributed by atoms with van der Waals surface area (Å²) in [5.41, 5.74) is 7.34. The van der Waals surface area contributed by atoms with E-state index in [1.165, 1.54) is 12.0 Å². The van der Waals surface area contributed by atoms with Gasteiger partial charge in [-0.05, 0) is 37.7 Å². The van der Waals surface area contributed by atoms with Crippen molar-refractivity contribution in [3.8, 4) is 0 Å². The zero-order valence-electron chi connectivity index (χ0n) is 9.77. The minimum Gasteiger partial charge on any atom is -0.377 e. The van der Waals surface area contributed by atoms with E-state index in [0.717, 1.165) is 32.3 Å². The first-order valence-electron chi connectivity index (χ1n) is 6.27. The fourth-order valence-electron chi connectivity index (χ4n) is 2.32. The van der Waals surface area contributed by atoms with Gasteiger partial charge in [-0.25, -0.2) is 0 Å². The molecule has 1 aromatic rings. The molecule has 0 amide bonds. The van der Waals surface area contributed by atoms with Crippen LogP contribution in [-0.2, 0) is 11.2 Å². The van der Waals surface area contributed by atoms with E-state index in [1.54, 1.807) is 0 Å². The summed E-state index contributed by atoms with van der Waals surface area (Å²) in [6.45, 7) is 0.841. The van der Waals surface area contributed by atoms with Crippen molar-refractivity contribution in [2.75, 3.05) is 6.61 Å². The van der Waals surface area contributed by atoms with Crippen LogP contribution >= 0.6 is 0 Å². The monoisotopic (exact) mass is 219 g/mol. The fraction of sp³-hybridized carbons (Fsp3) is 0.571. The number of hydrogen-bond acceptors (Lipinski definition) is 2. The molecule has 1 fully saturated rings. The molecular formula is C14H21NO. The van der Waals surface area contributed by atoms with Gasteiger partial charge >= 0.3 is 0 Å². The average Bonchev–Trinajstić information content (AvgIpc) is 2.72. The van der Waals surface area contributed by atoms with Gasteiger partial charge in [0.05, 0.1) is 6.10 Å². The predicted molar refractivity (Wildman–Crippen MR) is 66.3 cm³/mol. The molecule has 0 spiro atoms. The maximum Gasteiger partial charge on any atom is 0.0725 e. The molecule has 2 atom stereocenters. The van der Waals surface area contributed by atoms with Crippen molar-refractivity contribution in [1.82, 2.24) is 0 Å². The van der Waals surface area contributed by atoms with Gasteiger partial charge in [-0.15, -0.1) is 0 Å². The van der Waals surface area contributed by atoms with E-state index in [-0.39, 0.29) is 6.04 Å². The van der Waals surface area contributed by atoms with Gasteiger partial charge in [0.2, 0.25) is 0 Å². The number of benzene rings is 1. The summed E-state index contributed by atoms with van der Waals surface area (Å²) < 4.78 is 5.81. The Morgan fingerprint density at radius 2 is 2.00 bits per heavy atom. The summed E-state index contributed by atoms with van der Waals surface area (Å²) in [4.78, 5) is 0. The molecule has 0 bridgehead atoms. The molecule has 0 aliphatic heterocycles. The average molecular weight is 219 g/mol. The molecule has 1 aromatic carbocycles. The molecule has 88 valence electrons. The van der Waals surface area contributed by atoms with Crippen LogP contribution < -0.4 is 5.73 Å². The Labute approximate surface area is 97.8 Å². The van der Waals surface area contributed by atoms with Crippen molar-refractivity contribution in [2.45, 2.75) is 44.2 Å². The van der Waals surface area contributed by atoms with E-state index >= 15 is 0 Å². The third-order valence-electron chi connectivity index (χ3n) is 3.29. The first-order valence-corrected chi connectivity index (χ1v) is 6.27. The van der Waals surface area contributed by atoms with Crippen LogP contribution in [0.3, 0.4) is 0 Å². The van der Waals surface area contributed by atoms with Crippen molar-refractivity contribution < 1.29 is 4.74 Å². The molecule has 2 nitrogen and oxygen atoms in total. The van der Waals surface area contributed by atoms with Crippen molar-refractivity contribution in [2.24, 2.45) is 5.73 Å². The van der Waals surface area contributed by atoms with Crippen LogP contribution in [0.2, 0.25) is 0 Å². The SMILES string of the molecule is NC1CCCC1OCCCc1ccccc1. The molecule has 2 heteroatoms. The van der Waals surface area contributed by atoms with E-state index in [0.29, 0.717) is 6.10 Å². The lowest BCUT2D eigenvalue weighted by Crippen LogP contribution is -2.31. The zero-order valence-corrected chi connectivity index (χ0v) is 9.77. The lowest BCUT2D eigenvalue weighted by Gasteiger charge is -2.16. The number of hydrogen-bond donors (Lipinski definition) is 1. The summed E-state index contributed by atoms with van der Waals surface area (Å²) in [6.07, 6.45) is 6.01. The molecule has 2 N–H and O–H groups in total. The molecule has 0 saturated heterocycles. The van der Waals surface area contributed by atoms with Crippen LogP contribution in [0.4, 0.5) is 0 Å².